The number of carbonyl (C=O) groups is 1. The lowest BCUT2D eigenvalue weighted by molar-refractivity contribution is 0.0940. The van der Waals surface area contributed by atoms with Crippen LogP contribution in [0.15, 0.2) is 79.4 Å². The molecule has 4 N–H and O–H groups in total. The summed E-state index contributed by atoms with van der Waals surface area (Å²) in [5, 5.41) is 7.16. The first-order valence-corrected chi connectivity index (χ1v) is 13.4. The fourth-order valence-electron chi connectivity index (χ4n) is 5.10. The molecule has 1 amide bonds. The van der Waals surface area contributed by atoms with Crippen LogP contribution in [0.4, 0.5) is 16.0 Å². The van der Waals surface area contributed by atoms with Gasteiger partial charge in [-0.25, -0.2) is 19.3 Å². The Hall–Kier alpha value is -4.79. The maximum absolute atomic E-state index is 13.3. The van der Waals surface area contributed by atoms with Crippen LogP contribution in [0.5, 0.6) is 0 Å². The molecule has 40 heavy (non-hydrogen) atoms. The summed E-state index contributed by atoms with van der Waals surface area (Å²) >= 11 is 0. The highest BCUT2D eigenvalue weighted by molar-refractivity contribution is 6.01. The quantitative estimate of drug-likeness (QED) is 0.223. The number of rotatable bonds is 8. The van der Waals surface area contributed by atoms with Crippen molar-refractivity contribution in [1.82, 2.24) is 24.8 Å². The number of hydrogen-bond donors (Lipinski definition) is 3. The molecule has 0 spiro atoms. The Morgan fingerprint density at radius 2 is 1.85 bits per heavy atom. The third-order valence-electron chi connectivity index (χ3n) is 7.60. The molecule has 0 radical (unpaired) electrons. The van der Waals surface area contributed by atoms with Crippen molar-refractivity contribution >= 4 is 28.6 Å². The number of nitrogens with one attached hydrogen (secondary N) is 2. The van der Waals surface area contributed by atoms with E-state index in [2.05, 4.69) is 48.5 Å². The Labute approximate surface area is 231 Å². The molecule has 5 aromatic rings. The van der Waals surface area contributed by atoms with Crippen LogP contribution in [0.25, 0.3) is 22.2 Å². The third-order valence-corrected chi connectivity index (χ3v) is 7.60. The zero-order valence-corrected chi connectivity index (χ0v) is 22.1. The number of aromatic nitrogens is 4. The molecule has 6 rings (SSSR count). The molecular formula is C31H30FN7O. The van der Waals surface area contributed by atoms with Crippen LogP contribution >= 0.6 is 0 Å². The van der Waals surface area contributed by atoms with Gasteiger partial charge in [0.25, 0.3) is 5.91 Å². The van der Waals surface area contributed by atoms with E-state index in [0.717, 1.165) is 46.1 Å². The first kappa shape index (κ1) is 25.5. The summed E-state index contributed by atoms with van der Waals surface area (Å²) in [5.41, 5.74) is 11.5. The zero-order valence-electron chi connectivity index (χ0n) is 22.1. The van der Waals surface area contributed by atoms with Gasteiger partial charge in [0.2, 0.25) is 0 Å². The van der Waals surface area contributed by atoms with E-state index in [9.17, 15) is 9.18 Å². The molecule has 9 heteroatoms. The molecule has 0 bridgehead atoms. The van der Waals surface area contributed by atoms with Crippen LogP contribution in [0.2, 0.25) is 0 Å². The fourth-order valence-corrected chi connectivity index (χ4v) is 5.10. The Bertz CT molecular complexity index is 1660. The lowest BCUT2D eigenvalue weighted by Gasteiger charge is -2.27. The number of amides is 1. The van der Waals surface area contributed by atoms with Crippen molar-refractivity contribution in [3.8, 4) is 11.1 Å². The minimum Gasteiger partial charge on any atom is -0.383 e. The van der Waals surface area contributed by atoms with Crippen LogP contribution < -0.4 is 16.4 Å². The van der Waals surface area contributed by atoms with E-state index in [4.69, 9.17) is 5.73 Å². The molecule has 1 saturated carbocycles. The predicted molar refractivity (Wildman–Crippen MR) is 154 cm³/mol. The van der Waals surface area contributed by atoms with Gasteiger partial charge in [-0.05, 0) is 67.1 Å². The second-order valence-electron chi connectivity index (χ2n) is 10.2. The van der Waals surface area contributed by atoms with Gasteiger partial charge in [-0.3, -0.25) is 4.79 Å². The first-order valence-electron chi connectivity index (χ1n) is 13.4. The molecule has 202 valence electrons. The third kappa shape index (κ3) is 4.98. The van der Waals surface area contributed by atoms with Gasteiger partial charge >= 0.3 is 0 Å². The minimum absolute atomic E-state index is 0.259. The number of nitrogens with two attached hydrogens (primary N) is 1. The van der Waals surface area contributed by atoms with E-state index in [0.29, 0.717) is 29.8 Å². The zero-order chi connectivity index (χ0) is 27.6. The highest BCUT2D eigenvalue weighted by atomic mass is 19.1. The lowest BCUT2D eigenvalue weighted by atomic mass is 9.93. The number of halogens is 1. The van der Waals surface area contributed by atoms with Gasteiger partial charge in [0.05, 0.1) is 17.0 Å². The molecule has 2 aromatic carbocycles. The smallest absolute Gasteiger partial charge is 0.255 e. The number of benzene rings is 2. The molecular weight excluding hydrogens is 505 g/mol. The Kier molecular flexibility index (Phi) is 6.86. The molecule has 1 unspecified atom stereocenters. The van der Waals surface area contributed by atoms with Crippen LogP contribution in [0.3, 0.4) is 0 Å². The second-order valence-corrected chi connectivity index (χ2v) is 10.2. The maximum Gasteiger partial charge on any atom is 0.255 e. The maximum atomic E-state index is 13.3. The van der Waals surface area contributed by atoms with Gasteiger partial charge in [0.1, 0.15) is 29.4 Å². The van der Waals surface area contributed by atoms with Gasteiger partial charge < -0.3 is 20.9 Å². The Morgan fingerprint density at radius 3 is 2.58 bits per heavy atom. The molecule has 1 aliphatic rings. The van der Waals surface area contributed by atoms with Gasteiger partial charge in [0, 0.05) is 30.5 Å². The molecule has 3 heterocycles. The summed E-state index contributed by atoms with van der Waals surface area (Å²) in [7, 11) is 0. The summed E-state index contributed by atoms with van der Waals surface area (Å²) in [6, 6.07) is 18.0. The van der Waals surface area contributed by atoms with Gasteiger partial charge in [-0.2, -0.15) is 0 Å². The van der Waals surface area contributed by atoms with E-state index < -0.39 is 0 Å². The van der Waals surface area contributed by atoms with Crippen molar-refractivity contribution in [1.29, 1.82) is 0 Å². The summed E-state index contributed by atoms with van der Waals surface area (Å²) in [5.74, 6) is 0.403. The van der Waals surface area contributed by atoms with Gasteiger partial charge in [-0.1, -0.05) is 36.4 Å². The highest BCUT2D eigenvalue weighted by Crippen LogP contribution is 2.39. The average Bonchev–Trinajstić information content (AvgIpc) is 3.32. The van der Waals surface area contributed by atoms with E-state index in [1.807, 2.05) is 19.1 Å². The standard InChI is InChI=1S/C31H30FN7O/c1-19(21-11-13-23(32)14-12-21)38-31(40)25-6-3-15-34-29(25)35-16-20-7-9-22(10-8-20)26-17-39(24-4-2-5-24)30-27(26)28(33)36-18-37-30/h3,6-15,17-19,24H,2,4-5,16H2,1H3,(H,34,35)(H,38,40)(H2,33,36,37). The van der Waals surface area contributed by atoms with Crippen LogP contribution in [0.1, 0.15) is 59.8 Å². The molecule has 8 nitrogen and oxygen atoms in total. The Balaban J connectivity index is 1.17. The van der Waals surface area contributed by atoms with E-state index >= 15 is 0 Å². The molecule has 3 aromatic heterocycles. The summed E-state index contributed by atoms with van der Waals surface area (Å²) in [6.07, 6.45) is 8.86. The molecule has 1 aliphatic carbocycles. The predicted octanol–water partition coefficient (Wildman–Crippen LogP) is 6.04. The highest BCUT2D eigenvalue weighted by Gasteiger charge is 2.24. The SMILES string of the molecule is CC(NC(=O)c1cccnc1NCc1ccc(-c2cn(C3CCC3)c3ncnc(N)c23)cc1)c1ccc(F)cc1. The number of nitrogens with zero attached hydrogens (tertiary/aromatic N) is 4. The Morgan fingerprint density at radius 1 is 1.07 bits per heavy atom. The molecule has 1 fully saturated rings. The summed E-state index contributed by atoms with van der Waals surface area (Å²) < 4.78 is 15.5. The fraction of sp³-hybridized carbons (Fsp3) is 0.226. The largest absolute Gasteiger partial charge is 0.383 e. The van der Waals surface area contributed by atoms with Crippen molar-refractivity contribution in [2.75, 3.05) is 11.1 Å². The normalized spacial score (nSPS) is 14.1. The van der Waals surface area contributed by atoms with Crippen LogP contribution in [0, 0.1) is 5.82 Å². The van der Waals surface area contributed by atoms with E-state index in [1.54, 1.807) is 30.5 Å². The average molecular weight is 536 g/mol. The number of pyridine rings is 1. The van der Waals surface area contributed by atoms with Gasteiger partial charge in [-0.15, -0.1) is 0 Å². The van der Waals surface area contributed by atoms with Crippen molar-refractivity contribution < 1.29 is 9.18 Å². The number of nitrogen functional groups attached to an aromatic ring is 1. The van der Waals surface area contributed by atoms with E-state index in [-0.39, 0.29) is 17.8 Å². The summed E-state index contributed by atoms with van der Waals surface area (Å²) in [4.78, 5) is 26.2. The molecule has 0 aliphatic heterocycles. The minimum atomic E-state index is -0.312. The van der Waals surface area contributed by atoms with Crippen LogP contribution in [-0.4, -0.2) is 25.4 Å². The van der Waals surface area contributed by atoms with Crippen molar-refractivity contribution in [3.63, 3.8) is 0 Å². The monoisotopic (exact) mass is 535 g/mol. The second kappa shape index (κ2) is 10.8. The van der Waals surface area contributed by atoms with E-state index in [1.165, 1.54) is 24.9 Å². The topological polar surface area (TPSA) is 111 Å². The number of anilines is 2. The van der Waals surface area contributed by atoms with Crippen molar-refractivity contribution in [3.05, 3.63) is 102 Å². The van der Waals surface area contributed by atoms with Gasteiger partial charge in [0.15, 0.2) is 0 Å². The first-order chi connectivity index (χ1) is 19.5. The van der Waals surface area contributed by atoms with Crippen molar-refractivity contribution in [2.45, 2.75) is 44.8 Å². The number of fused-ring (bicyclic) bond motifs is 1. The van der Waals surface area contributed by atoms with Crippen molar-refractivity contribution in [2.24, 2.45) is 0 Å². The lowest BCUT2D eigenvalue weighted by Crippen LogP contribution is -2.27. The summed E-state index contributed by atoms with van der Waals surface area (Å²) in [6.45, 7) is 2.35. The molecule has 0 saturated heterocycles. The molecule has 1 atom stereocenters. The van der Waals surface area contributed by atoms with Crippen LogP contribution in [-0.2, 0) is 6.54 Å². The number of carbonyl (C=O) groups excluding carboxylic acids is 1. The number of hydrogen-bond acceptors (Lipinski definition) is 6.